The molecule has 0 radical (unpaired) electrons. The summed E-state index contributed by atoms with van der Waals surface area (Å²) in [6.07, 6.45) is 0.847. The van der Waals surface area contributed by atoms with Crippen molar-refractivity contribution in [2.24, 2.45) is 0 Å². The number of nitrogens with zero attached hydrogens (tertiary/aromatic N) is 3. The van der Waals surface area contributed by atoms with E-state index in [-0.39, 0.29) is 16.5 Å². The van der Waals surface area contributed by atoms with Gasteiger partial charge in [-0.25, -0.2) is 13.8 Å². The summed E-state index contributed by atoms with van der Waals surface area (Å²) in [6.45, 7) is 5.56. The Bertz CT molecular complexity index is 1460. The van der Waals surface area contributed by atoms with Crippen molar-refractivity contribution in [3.63, 3.8) is 0 Å². The number of rotatable bonds is 7. The number of halogens is 3. The summed E-state index contributed by atoms with van der Waals surface area (Å²) in [6, 6.07) is 15.3. The van der Waals surface area contributed by atoms with Gasteiger partial charge in [-0.15, -0.1) is 0 Å². The highest BCUT2D eigenvalue weighted by atomic mass is 35.5. The highest BCUT2D eigenvalue weighted by Gasteiger charge is 2.33. The molecule has 0 spiro atoms. The van der Waals surface area contributed by atoms with Gasteiger partial charge < -0.3 is 14.7 Å². The molecule has 0 fully saturated rings. The van der Waals surface area contributed by atoms with Crippen LogP contribution in [0.2, 0.25) is 5.02 Å². The molecule has 0 bridgehead atoms. The van der Waals surface area contributed by atoms with Crippen LogP contribution < -0.4 is 9.64 Å². The molecule has 1 atom stereocenters. The zero-order valence-corrected chi connectivity index (χ0v) is 22.4. The number of methoxy groups -OCH3 is 1. The number of ether oxygens (including phenoxy) is 1. The number of aliphatic hydroxyl groups is 1. The third-order valence-electron chi connectivity index (χ3n) is 6.66. The highest BCUT2D eigenvalue weighted by Crippen LogP contribution is 2.38. The Morgan fingerprint density at radius 1 is 1.13 bits per heavy atom. The number of carbonyl (C=O) groups is 1. The third kappa shape index (κ3) is 4.89. The quantitative estimate of drug-likeness (QED) is 0.292. The average molecular weight is 540 g/mol. The van der Waals surface area contributed by atoms with Crippen LogP contribution in [0, 0.1) is 11.6 Å². The number of para-hydroxylation sites is 1. The topological polar surface area (TPSA) is 67.6 Å². The fourth-order valence-electron chi connectivity index (χ4n) is 4.45. The van der Waals surface area contributed by atoms with Crippen LogP contribution in [0.4, 0.5) is 14.5 Å². The summed E-state index contributed by atoms with van der Waals surface area (Å²) in [7, 11) is 2.95. The molecule has 0 saturated heterocycles. The lowest BCUT2D eigenvalue weighted by atomic mass is 9.80. The molecule has 0 aliphatic heterocycles. The summed E-state index contributed by atoms with van der Waals surface area (Å²) < 4.78 is 35.6. The van der Waals surface area contributed by atoms with Gasteiger partial charge in [0.05, 0.1) is 35.8 Å². The zero-order valence-electron chi connectivity index (χ0n) is 21.7. The predicted molar refractivity (Wildman–Crippen MR) is 143 cm³/mol. The van der Waals surface area contributed by atoms with E-state index < -0.39 is 29.1 Å². The number of carbonyl (C=O) groups excluding carboxylic acids is 1. The standard InChI is InChI=1S/C29H28ClF2N3O3/c1-17(36)21-14-9-18(15-24(21)38-5)29(2,3)25-16-33-27(35(25)20-12-10-19(31)11-13-20)28(37)34(4)26-22(30)7-6-8-23(26)32/h6-17,36H,1-5H3. The van der Waals surface area contributed by atoms with E-state index in [1.165, 1.54) is 44.5 Å². The second-order valence-corrected chi connectivity index (χ2v) is 9.88. The minimum Gasteiger partial charge on any atom is -0.496 e. The van der Waals surface area contributed by atoms with Crippen molar-refractivity contribution in [2.75, 3.05) is 19.1 Å². The molecule has 4 aromatic rings. The smallest absolute Gasteiger partial charge is 0.294 e. The maximum Gasteiger partial charge on any atom is 0.294 e. The van der Waals surface area contributed by atoms with E-state index in [9.17, 15) is 18.7 Å². The largest absolute Gasteiger partial charge is 0.496 e. The van der Waals surface area contributed by atoms with Crippen LogP contribution >= 0.6 is 11.6 Å². The van der Waals surface area contributed by atoms with E-state index in [1.54, 1.807) is 35.9 Å². The normalized spacial score (nSPS) is 12.3. The van der Waals surface area contributed by atoms with E-state index in [0.29, 0.717) is 22.7 Å². The van der Waals surface area contributed by atoms with Crippen molar-refractivity contribution in [2.45, 2.75) is 32.3 Å². The molecule has 0 aliphatic carbocycles. The predicted octanol–water partition coefficient (Wildman–Crippen LogP) is 6.47. The Labute approximate surface area is 225 Å². The third-order valence-corrected chi connectivity index (χ3v) is 6.97. The van der Waals surface area contributed by atoms with Gasteiger partial charge in [0.15, 0.2) is 0 Å². The van der Waals surface area contributed by atoms with Gasteiger partial charge in [0.2, 0.25) is 5.82 Å². The van der Waals surface area contributed by atoms with Crippen molar-refractivity contribution in [3.05, 3.63) is 106 Å². The van der Waals surface area contributed by atoms with Gasteiger partial charge in [0, 0.05) is 23.7 Å². The summed E-state index contributed by atoms with van der Waals surface area (Å²) in [4.78, 5) is 19.3. The number of aliphatic hydroxyl groups excluding tert-OH is 1. The van der Waals surface area contributed by atoms with Crippen LogP contribution in [-0.2, 0) is 5.41 Å². The molecule has 9 heteroatoms. The van der Waals surface area contributed by atoms with Crippen LogP contribution in [0.1, 0.15) is 54.3 Å². The SMILES string of the molecule is COc1cc(C(C)(C)c2cnc(C(=O)N(C)c3c(F)cccc3Cl)n2-c2ccc(F)cc2)ccc1C(C)O. The molecule has 1 N–H and O–H groups in total. The van der Waals surface area contributed by atoms with E-state index in [4.69, 9.17) is 16.3 Å². The molecule has 4 rings (SSSR count). The minimum absolute atomic E-state index is 0.00549. The lowest BCUT2D eigenvalue weighted by Crippen LogP contribution is -2.31. The van der Waals surface area contributed by atoms with Crippen LogP contribution in [0.15, 0.2) is 66.9 Å². The van der Waals surface area contributed by atoms with Crippen molar-refractivity contribution in [3.8, 4) is 11.4 Å². The monoisotopic (exact) mass is 539 g/mol. The summed E-state index contributed by atoms with van der Waals surface area (Å²) >= 11 is 6.22. The highest BCUT2D eigenvalue weighted by molar-refractivity contribution is 6.34. The molecule has 3 aromatic carbocycles. The maximum atomic E-state index is 14.6. The van der Waals surface area contributed by atoms with Crippen molar-refractivity contribution in [1.82, 2.24) is 9.55 Å². The first-order valence-corrected chi connectivity index (χ1v) is 12.3. The number of hydrogen-bond donors (Lipinski definition) is 1. The van der Waals surface area contributed by atoms with Gasteiger partial charge in [-0.1, -0.05) is 43.6 Å². The lowest BCUT2D eigenvalue weighted by Gasteiger charge is -2.29. The first-order chi connectivity index (χ1) is 18.0. The van der Waals surface area contributed by atoms with E-state index in [1.807, 2.05) is 26.0 Å². The molecule has 1 aromatic heterocycles. The second-order valence-electron chi connectivity index (χ2n) is 9.47. The number of benzene rings is 3. The van der Waals surface area contributed by atoms with Crippen LogP contribution in [-0.4, -0.2) is 34.7 Å². The zero-order chi connectivity index (χ0) is 27.8. The van der Waals surface area contributed by atoms with Crippen molar-refractivity contribution >= 4 is 23.2 Å². The molecular formula is C29H28ClF2N3O3. The molecule has 1 heterocycles. The van der Waals surface area contributed by atoms with Crippen LogP contribution in [0.3, 0.4) is 0 Å². The first kappa shape index (κ1) is 27.3. The molecule has 1 unspecified atom stereocenters. The van der Waals surface area contributed by atoms with Crippen LogP contribution in [0.5, 0.6) is 5.75 Å². The van der Waals surface area contributed by atoms with Crippen molar-refractivity contribution < 1.29 is 23.4 Å². The number of amides is 1. The van der Waals surface area contributed by atoms with Gasteiger partial charge in [-0.2, -0.15) is 0 Å². The molecule has 0 aliphatic rings. The molecule has 198 valence electrons. The first-order valence-electron chi connectivity index (χ1n) is 11.9. The van der Waals surface area contributed by atoms with E-state index in [0.717, 1.165) is 10.5 Å². The van der Waals surface area contributed by atoms with Gasteiger partial charge in [-0.05, 0) is 55.0 Å². The van der Waals surface area contributed by atoms with Gasteiger partial charge in [0.1, 0.15) is 17.4 Å². The van der Waals surface area contributed by atoms with Gasteiger partial charge in [-0.3, -0.25) is 9.36 Å². The maximum absolute atomic E-state index is 14.6. The Morgan fingerprint density at radius 3 is 2.42 bits per heavy atom. The Hall–Kier alpha value is -3.75. The van der Waals surface area contributed by atoms with Gasteiger partial charge in [0.25, 0.3) is 5.91 Å². The van der Waals surface area contributed by atoms with Crippen molar-refractivity contribution in [1.29, 1.82) is 0 Å². The molecule has 6 nitrogen and oxygen atoms in total. The Morgan fingerprint density at radius 2 is 1.82 bits per heavy atom. The fraction of sp³-hybridized carbons (Fsp3) is 0.241. The van der Waals surface area contributed by atoms with E-state index >= 15 is 0 Å². The molecule has 1 amide bonds. The Kier molecular flexibility index (Phi) is 7.58. The molecular weight excluding hydrogens is 512 g/mol. The number of aromatic nitrogens is 2. The minimum atomic E-state index is -0.737. The summed E-state index contributed by atoms with van der Waals surface area (Å²) in [5.41, 5.74) is 1.76. The van der Waals surface area contributed by atoms with Crippen LogP contribution in [0.25, 0.3) is 5.69 Å². The number of hydrogen-bond acceptors (Lipinski definition) is 4. The average Bonchev–Trinajstić information content (AvgIpc) is 3.34. The molecule has 38 heavy (non-hydrogen) atoms. The number of imidazole rings is 1. The number of anilines is 1. The van der Waals surface area contributed by atoms with E-state index in [2.05, 4.69) is 4.98 Å². The summed E-state index contributed by atoms with van der Waals surface area (Å²) in [5, 5.41) is 10.2. The summed E-state index contributed by atoms with van der Waals surface area (Å²) in [5.74, 6) is -1.18. The lowest BCUT2D eigenvalue weighted by molar-refractivity contribution is 0.0980. The second kappa shape index (κ2) is 10.6. The molecule has 0 saturated carbocycles. The Balaban J connectivity index is 1.89. The fourth-order valence-corrected chi connectivity index (χ4v) is 4.74. The van der Waals surface area contributed by atoms with Gasteiger partial charge >= 0.3 is 0 Å².